The molecule has 0 bridgehead atoms. The summed E-state index contributed by atoms with van der Waals surface area (Å²) in [5.74, 6) is -0.582. The van der Waals surface area contributed by atoms with Crippen molar-refractivity contribution in [1.82, 2.24) is 0 Å². The predicted molar refractivity (Wildman–Crippen MR) is 92.0 cm³/mol. The Morgan fingerprint density at radius 3 is 2.75 bits per heavy atom. The number of thioether (sulfide) groups is 1. The van der Waals surface area contributed by atoms with Crippen molar-refractivity contribution in [1.29, 1.82) is 0 Å². The van der Waals surface area contributed by atoms with E-state index in [0.717, 1.165) is 0 Å². The van der Waals surface area contributed by atoms with Crippen molar-refractivity contribution in [3.05, 3.63) is 59.4 Å². The molecule has 124 valence electrons. The molecule has 1 heterocycles. The lowest BCUT2D eigenvalue weighted by Gasteiger charge is -2.26. The van der Waals surface area contributed by atoms with Gasteiger partial charge in [-0.05, 0) is 29.8 Å². The van der Waals surface area contributed by atoms with Crippen LogP contribution in [0.3, 0.4) is 0 Å². The Bertz CT molecular complexity index is 797. The number of fused-ring (bicyclic) bond motifs is 1. The van der Waals surface area contributed by atoms with E-state index in [0.29, 0.717) is 28.4 Å². The molecule has 5 nitrogen and oxygen atoms in total. The monoisotopic (exact) mass is 346 g/mol. The van der Waals surface area contributed by atoms with Gasteiger partial charge in [-0.1, -0.05) is 18.2 Å². The standard InChI is InChI=1S/C17H15FN2O3S/c18-12-4-2-1-3-11(12)8-24-9-15-16(21)20-14-7-10(17(22)23)5-6-13(14)19-15/h1-7,15,19H,8-9H2,(H,20,21)(H,22,23). The maximum Gasteiger partial charge on any atom is 0.335 e. The number of hydrogen-bond donors (Lipinski definition) is 3. The van der Waals surface area contributed by atoms with Gasteiger partial charge in [0.2, 0.25) is 5.91 Å². The van der Waals surface area contributed by atoms with E-state index in [1.165, 1.54) is 30.0 Å². The third-order valence-corrected chi connectivity index (χ3v) is 4.75. The Morgan fingerprint density at radius 2 is 2.00 bits per heavy atom. The summed E-state index contributed by atoms with van der Waals surface area (Å²) >= 11 is 1.46. The Balaban J connectivity index is 1.63. The van der Waals surface area contributed by atoms with Crippen LogP contribution >= 0.6 is 11.8 Å². The zero-order valence-corrected chi connectivity index (χ0v) is 13.4. The average molecular weight is 346 g/mol. The number of aromatic carboxylic acids is 1. The van der Waals surface area contributed by atoms with Gasteiger partial charge in [0.1, 0.15) is 11.9 Å². The van der Waals surface area contributed by atoms with Gasteiger partial charge in [-0.2, -0.15) is 11.8 Å². The fraction of sp³-hybridized carbons (Fsp3) is 0.176. The predicted octanol–water partition coefficient (Wildman–Crippen LogP) is 3.19. The van der Waals surface area contributed by atoms with Crippen LogP contribution in [-0.4, -0.2) is 28.8 Å². The van der Waals surface area contributed by atoms with Crippen LogP contribution in [0.4, 0.5) is 15.8 Å². The van der Waals surface area contributed by atoms with Gasteiger partial charge in [0.25, 0.3) is 0 Å². The summed E-state index contributed by atoms with van der Waals surface area (Å²) in [4.78, 5) is 23.1. The summed E-state index contributed by atoms with van der Waals surface area (Å²) in [6.45, 7) is 0. The maximum atomic E-state index is 13.6. The molecule has 1 amide bonds. The second kappa shape index (κ2) is 6.92. The molecule has 0 fully saturated rings. The van der Waals surface area contributed by atoms with Gasteiger partial charge in [0.05, 0.1) is 16.9 Å². The van der Waals surface area contributed by atoms with Gasteiger partial charge in [-0.3, -0.25) is 4.79 Å². The molecule has 0 saturated carbocycles. The third kappa shape index (κ3) is 3.51. The third-order valence-electron chi connectivity index (χ3n) is 3.67. The van der Waals surface area contributed by atoms with E-state index in [1.54, 1.807) is 24.3 Å². The lowest BCUT2D eigenvalue weighted by molar-refractivity contribution is -0.116. The van der Waals surface area contributed by atoms with Crippen molar-refractivity contribution >= 4 is 35.0 Å². The fourth-order valence-electron chi connectivity index (χ4n) is 2.40. The van der Waals surface area contributed by atoms with Crippen molar-refractivity contribution in [2.45, 2.75) is 11.8 Å². The topological polar surface area (TPSA) is 78.4 Å². The number of anilines is 2. The highest BCUT2D eigenvalue weighted by molar-refractivity contribution is 7.98. The van der Waals surface area contributed by atoms with Gasteiger partial charge in [-0.15, -0.1) is 0 Å². The first-order valence-corrected chi connectivity index (χ1v) is 8.46. The van der Waals surface area contributed by atoms with Crippen molar-refractivity contribution in [3.63, 3.8) is 0 Å². The number of rotatable bonds is 5. The minimum absolute atomic E-state index is 0.114. The van der Waals surface area contributed by atoms with E-state index in [2.05, 4.69) is 10.6 Å². The number of amides is 1. The highest BCUT2D eigenvalue weighted by atomic mass is 32.2. The van der Waals surface area contributed by atoms with E-state index in [4.69, 9.17) is 5.11 Å². The first-order valence-electron chi connectivity index (χ1n) is 7.30. The lowest BCUT2D eigenvalue weighted by Crippen LogP contribution is -2.40. The number of hydrogen-bond acceptors (Lipinski definition) is 4. The van der Waals surface area contributed by atoms with Crippen molar-refractivity contribution in [2.75, 3.05) is 16.4 Å². The van der Waals surface area contributed by atoms with Crippen LogP contribution in [-0.2, 0) is 10.5 Å². The average Bonchev–Trinajstić information content (AvgIpc) is 2.56. The Labute approximate surface area is 142 Å². The van der Waals surface area contributed by atoms with E-state index in [1.807, 2.05) is 0 Å². The molecule has 0 aliphatic carbocycles. The molecule has 1 atom stereocenters. The lowest BCUT2D eigenvalue weighted by atomic mass is 10.1. The van der Waals surface area contributed by atoms with E-state index < -0.39 is 12.0 Å². The molecule has 3 rings (SSSR count). The van der Waals surface area contributed by atoms with E-state index in [-0.39, 0.29) is 17.3 Å². The van der Waals surface area contributed by atoms with Crippen LogP contribution in [0.1, 0.15) is 15.9 Å². The number of carboxylic acids is 1. The molecule has 1 aliphatic heterocycles. The van der Waals surface area contributed by atoms with Crippen LogP contribution in [0, 0.1) is 5.82 Å². The molecule has 7 heteroatoms. The molecule has 3 N–H and O–H groups in total. The number of nitrogens with one attached hydrogen (secondary N) is 2. The summed E-state index contributed by atoms with van der Waals surface area (Å²) in [5, 5.41) is 14.8. The molecule has 1 unspecified atom stereocenters. The van der Waals surface area contributed by atoms with E-state index in [9.17, 15) is 14.0 Å². The minimum atomic E-state index is -1.05. The second-order valence-electron chi connectivity index (χ2n) is 5.36. The zero-order valence-electron chi connectivity index (χ0n) is 12.6. The summed E-state index contributed by atoms with van der Waals surface area (Å²) < 4.78 is 13.6. The minimum Gasteiger partial charge on any atom is -0.478 e. The summed E-state index contributed by atoms with van der Waals surface area (Å²) in [5.41, 5.74) is 1.85. The normalized spacial score (nSPS) is 16.0. The van der Waals surface area contributed by atoms with Gasteiger partial charge in [0, 0.05) is 11.5 Å². The van der Waals surface area contributed by atoms with Gasteiger partial charge in [-0.25, -0.2) is 9.18 Å². The largest absolute Gasteiger partial charge is 0.478 e. The van der Waals surface area contributed by atoms with Crippen molar-refractivity contribution in [2.24, 2.45) is 0 Å². The molecule has 2 aromatic rings. The molecule has 0 radical (unpaired) electrons. The highest BCUT2D eigenvalue weighted by Gasteiger charge is 2.26. The molecule has 0 aromatic heterocycles. The quantitative estimate of drug-likeness (QED) is 0.775. The molecule has 2 aromatic carbocycles. The van der Waals surface area contributed by atoms with Gasteiger partial charge < -0.3 is 15.7 Å². The van der Waals surface area contributed by atoms with E-state index >= 15 is 0 Å². The van der Waals surface area contributed by atoms with Crippen LogP contribution in [0.2, 0.25) is 0 Å². The van der Waals surface area contributed by atoms with Gasteiger partial charge >= 0.3 is 5.97 Å². The SMILES string of the molecule is O=C(O)c1ccc2c(c1)NC(=O)C(CSCc1ccccc1F)N2. The summed E-state index contributed by atoms with van der Waals surface area (Å²) in [6, 6.07) is 10.6. The van der Waals surface area contributed by atoms with Gasteiger partial charge in [0.15, 0.2) is 0 Å². The zero-order chi connectivity index (χ0) is 17.1. The second-order valence-corrected chi connectivity index (χ2v) is 6.39. The van der Waals surface area contributed by atoms with Crippen molar-refractivity contribution < 1.29 is 19.1 Å². The number of carboxylic acid groups (broad SMARTS) is 1. The molecule has 0 spiro atoms. The summed E-state index contributed by atoms with van der Waals surface area (Å²) in [6.07, 6.45) is 0. The Kier molecular flexibility index (Phi) is 4.71. The number of carbonyl (C=O) groups is 2. The van der Waals surface area contributed by atoms with Crippen LogP contribution in [0.15, 0.2) is 42.5 Å². The number of benzene rings is 2. The van der Waals surface area contributed by atoms with Crippen LogP contribution in [0.5, 0.6) is 0 Å². The van der Waals surface area contributed by atoms with Crippen LogP contribution < -0.4 is 10.6 Å². The molecule has 24 heavy (non-hydrogen) atoms. The molecular weight excluding hydrogens is 331 g/mol. The Hall–Kier alpha value is -2.54. The van der Waals surface area contributed by atoms with Crippen molar-refractivity contribution in [3.8, 4) is 0 Å². The highest BCUT2D eigenvalue weighted by Crippen LogP contribution is 2.29. The summed E-state index contributed by atoms with van der Waals surface area (Å²) in [7, 11) is 0. The fourth-order valence-corrected chi connectivity index (χ4v) is 3.44. The maximum absolute atomic E-state index is 13.6. The number of halogens is 1. The molecule has 0 saturated heterocycles. The first kappa shape index (κ1) is 16.3. The van der Waals surface area contributed by atoms with Crippen LogP contribution in [0.25, 0.3) is 0 Å². The number of carbonyl (C=O) groups excluding carboxylic acids is 1. The smallest absolute Gasteiger partial charge is 0.335 e. The Morgan fingerprint density at radius 1 is 1.21 bits per heavy atom. The molecular formula is C17H15FN2O3S. The molecule has 1 aliphatic rings. The first-order chi connectivity index (χ1) is 11.5.